The van der Waals surface area contributed by atoms with Gasteiger partial charge in [0.25, 0.3) is 5.91 Å². The molecule has 0 atom stereocenters. The predicted octanol–water partition coefficient (Wildman–Crippen LogP) is 3.97. The van der Waals surface area contributed by atoms with E-state index in [1.807, 2.05) is 51.1 Å². The molecular weight excluding hydrogens is 394 g/mol. The Hall–Kier alpha value is -3.61. The molecule has 0 aliphatic rings. The highest BCUT2D eigenvalue weighted by Crippen LogP contribution is 2.25. The third-order valence-corrected chi connectivity index (χ3v) is 5.00. The maximum atomic E-state index is 12.7. The van der Waals surface area contributed by atoms with Gasteiger partial charge in [-0.1, -0.05) is 35.9 Å². The van der Waals surface area contributed by atoms with Crippen LogP contribution in [0.2, 0.25) is 0 Å². The Morgan fingerprint density at radius 3 is 2.35 bits per heavy atom. The summed E-state index contributed by atoms with van der Waals surface area (Å²) in [5.41, 5.74) is 5.42. The van der Waals surface area contributed by atoms with E-state index in [2.05, 4.69) is 10.4 Å². The van der Waals surface area contributed by atoms with Gasteiger partial charge in [-0.3, -0.25) is 9.48 Å². The Balaban J connectivity index is 1.65. The fraction of sp³-hybridized carbons (Fsp3) is 0.292. The molecule has 2 aromatic carbocycles. The number of ether oxygens (including phenoxy) is 2. The lowest BCUT2D eigenvalue weighted by molar-refractivity contribution is -0.119. The number of methoxy groups -OCH3 is 1. The molecule has 0 unspecified atom stereocenters. The average molecular weight is 421 g/mol. The van der Waals surface area contributed by atoms with Crippen LogP contribution in [0.15, 0.2) is 42.5 Å². The molecule has 0 bridgehead atoms. The third kappa shape index (κ3) is 5.31. The number of aromatic nitrogens is 2. The molecule has 0 saturated carbocycles. The van der Waals surface area contributed by atoms with Crippen molar-refractivity contribution in [2.24, 2.45) is 0 Å². The van der Waals surface area contributed by atoms with Crippen LogP contribution in [0.1, 0.15) is 38.4 Å². The zero-order valence-electron chi connectivity index (χ0n) is 18.5. The van der Waals surface area contributed by atoms with Crippen molar-refractivity contribution in [2.75, 3.05) is 19.0 Å². The van der Waals surface area contributed by atoms with Gasteiger partial charge in [-0.2, -0.15) is 5.10 Å². The number of rotatable bonds is 7. The monoisotopic (exact) mass is 421 g/mol. The van der Waals surface area contributed by atoms with Crippen LogP contribution >= 0.6 is 0 Å². The van der Waals surface area contributed by atoms with Crippen LogP contribution in [0.3, 0.4) is 0 Å². The lowest BCUT2D eigenvalue weighted by Gasteiger charge is -2.11. The van der Waals surface area contributed by atoms with Crippen LogP contribution in [-0.2, 0) is 16.1 Å². The molecule has 31 heavy (non-hydrogen) atoms. The smallest absolute Gasteiger partial charge is 0.342 e. The summed E-state index contributed by atoms with van der Waals surface area (Å²) >= 11 is 0. The normalized spacial score (nSPS) is 10.6. The van der Waals surface area contributed by atoms with E-state index in [0.717, 1.165) is 11.1 Å². The first-order valence-corrected chi connectivity index (χ1v) is 9.99. The molecule has 1 amide bonds. The molecule has 7 heteroatoms. The van der Waals surface area contributed by atoms with Crippen LogP contribution < -0.4 is 10.1 Å². The lowest BCUT2D eigenvalue weighted by atomic mass is 10.1. The maximum absolute atomic E-state index is 12.7. The minimum atomic E-state index is -0.573. The molecule has 7 nitrogen and oxygen atoms in total. The summed E-state index contributed by atoms with van der Waals surface area (Å²) in [6, 6.07) is 13.6. The summed E-state index contributed by atoms with van der Waals surface area (Å²) < 4.78 is 12.3. The summed E-state index contributed by atoms with van der Waals surface area (Å²) in [5, 5.41) is 7.19. The Bertz CT molecular complexity index is 1100. The minimum Gasteiger partial charge on any atom is -0.495 e. The summed E-state index contributed by atoms with van der Waals surface area (Å²) in [5.74, 6) is -0.481. The highest BCUT2D eigenvalue weighted by atomic mass is 16.5. The Kier molecular flexibility index (Phi) is 6.74. The zero-order chi connectivity index (χ0) is 22.5. The number of aryl methyl sites for hydroxylation is 3. The van der Waals surface area contributed by atoms with Crippen molar-refractivity contribution in [3.05, 3.63) is 76.1 Å². The Morgan fingerprint density at radius 2 is 1.68 bits per heavy atom. The maximum Gasteiger partial charge on any atom is 0.342 e. The van der Waals surface area contributed by atoms with E-state index in [4.69, 9.17) is 9.47 Å². The van der Waals surface area contributed by atoms with Gasteiger partial charge in [-0.25, -0.2) is 4.79 Å². The quantitative estimate of drug-likeness (QED) is 0.584. The molecular formula is C24H27N3O4. The molecule has 0 aliphatic heterocycles. The SMILES string of the molecule is COc1ccc(C)cc1NC(=O)COC(=O)c1c(C)nn(Cc2ccc(C)cc2)c1C. The second-order valence-corrected chi connectivity index (χ2v) is 7.52. The number of hydrogen-bond acceptors (Lipinski definition) is 5. The number of nitrogens with zero attached hydrogens (tertiary/aromatic N) is 2. The number of carbonyl (C=O) groups is 2. The molecule has 0 saturated heterocycles. The minimum absolute atomic E-state index is 0.382. The van der Waals surface area contributed by atoms with Crippen molar-refractivity contribution in [1.29, 1.82) is 0 Å². The molecule has 3 aromatic rings. The molecule has 1 N–H and O–H groups in total. The second-order valence-electron chi connectivity index (χ2n) is 7.52. The van der Waals surface area contributed by atoms with Crippen LogP contribution in [0.4, 0.5) is 5.69 Å². The molecule has 1 heterocycles. The number of nitrogens with one attached hydrogen (secondary N) is 1. The summed E-state index contributed by atoms with van der Waals surface area (Å²) in [6.45, 7) is 7.67. The predicted molar refractivity (Wildman–Crippen MR) is 119 cm³/mol. The first kappa shape index (κ1) is 22.1. The molecule has 1 aromatic heterocycles. The van der Waals surface area contributed by atoms with Crippen molar-refractivity contribution in [3.63, 3.8) is 0 Å². The van der Waals surface area contributed by atoms with Gasteiger partial charge in [0.15, 0.2) is 6.61 Å². The molecule has 0 aliphatic carbocycles. The van der Waals surface area contributed by atoms with Crippen molar-refractivity contribution in [1.82, 2.24) is 9.78 Å². The van der Waals surface area contributed by atoms with Crippen LogP contribution in [-0.4, -0.2) is 35.4 Å². The average Bonchev–Trinajstić information content (AvgIpc) is 3.01. The lowest BCUT2D eigenvalue weighted by Crippen LogP contribution is -2.21. The molecule has 0 spiro atoms. The number of amides is 1. The fourth-order valence-corrected chi connectivity index (χ4v) is 3.32. The van der Waals surface area contributed by atoms with Crippen molar-refractivity contribution < 1.29 is 19.1 Å². The van der Waals surface area contributed by atoms with Crippen LogP contribution in [0.25, 0.3) is 0 Å². The number of esters is 1. The summed E-state index contributed by atoms with van der Waals surface area (Å²) in [6.07, 6.45) is 0. The third-order valence-electron chi connectivity index (χ3n) is 5.00. The largest absolute Gasteiger partial charge is 0.495 e. The van der Waals surface area contributed by atoms with Gasteiger partial charge in [0.2, 0.25) is 0 Å². The van der Waals surface area contributed by atoms with E-state index in [0.29, 0.717) is 34.9 Å². The van der Waals surface area contributed by atoms with E-state index in [-0.39, 0.29) is 0 Å². The Morgan fingerprint density at radius 1 is 1.00 bits per heavy atom. The van der Waals surface area contributed by atoms with Crippen molar-refractivity contribution in [2.45, 2.75) is 34.2 Å². The van der Waals surface area contributed by atoms with Gasteiger partial charge < -0.3 is 14.8 Å². The topological polar surface area (TPSA) is 82.4 Å². The fourth-order valence-electron chi connectivity index (χ4n) is 3.32. The van der Waals surface area contributed by atoms with Crippen molar-refractivity contribution in [3.8, 4) is 5.75 Å². The Labute approximate surface area is 182 Å². The highest BCUT2D eigenvalue weighted by molar-refractivity contribution is 5.97. The standard InChI is InChI=1S/C24H27N3O4/c1-15-6-9-19(10-7-15)13-27-18(4)23(17(3)26-27)24(29)31-14-22(28)25-20-12-16(2)8-11-21(20)30-5/h6-12H,13-14H2,1-5H3,(H,25,28). The van der Waals surface area contributed by atoms with Gasteiger partial charge in [0.1, 0.15) is 11.3 Å². The van der Waals surface area contributed by atoms with Gasteiger partial charge >= 0.3 is 5.97 Å². The van der Waals surface area contributed by atoms with E-state index in [9.17, 15) is 9.59 Å². The molecule has 0 radical (unpaired) electrons. The second kappa shape index (κ2) is 9.47. The van der Waals surface area contributed by atoms with Crippen LogP contribution in [0.5, 0.6) is 5.75 Å². The molecule has 162 valence electrons. The van der Waals surface area contributed by atoms with Crippen molar-refractivity contribution >= 4 is 17.6 Å². The van der Waals surface area contributed by atoms with E-state index in [1.54, 1.807) is 23.7 Å². The van der Waals surface area contributed by atoms with Crippen LogP contribution in [0, 0.1) is 27.7 Å². The summed E-state index contributed by atoms with van der Waals surface area (Å²) in [7, 11) is 1.53. The molecule has 0 fully saturated rings. The van der Waals surface area contributed by atoms with Gasteiger partial charge in [-0.05, 0) is 51.0 Å². The van der Waals surface area contributed by atoms with E-state index < -0.39 is 18.5 Å². The van der Waals surface area contributed by atoms with Gasteiger partial charge in [0.05, 0.1) is 30.7 Å². The number of hydrogen-bond donors (Lipinski definition) is 1. The number of anilines is 1. The van der Waals surface area contributed by atoms with E-state index in [1.165, 1.54) is 12.7 Å². The summed E-state index contributed by atoms with van der Waals surface area (Å²) in [4.78, 5) is 25.0. The first-order valence-electron chi connectivity index (χ1n) is 9.99. The van der Waals surface area contributed by atoms with Gasteiger partial charge in [0, 0.05) is 0 Å². The number of benzene rings is 2. The first-order chi connectivity index (χ1) is 14.8. The van der Waals surface area contributed by atoms with Gasteiger partial charge in [-0.15, -0.1) is 0 Å². The zero-order valence-corrected chi connectivity index (χ0v) is 18.5. The van der Waals surface area contributed by atoms with E-state index >= 15 is 0 Å². The number of carbonyl (C=O) groups excluding carboxylic acids is 2. The molecule has 3 rings (SSSR count). The highest BCUT2D eigenvalue weighted by Gasteiger charge is 2.21.